The summed E-state index contributed by atoms with van der Waals surface area (Å²) in [7, 11) is -1.58. The zero-order chi connectivity index (χ0) is 10.4. The van der Waals surface area contributed by atoms with Crippen molar-refractivity contribution in [2.45, 2.75) is 6.55 Å². The number of hydrogen-bond acceptors (Lipinski definition) is 4. The second kappa shape index (κ2) is 5.64. The van der Waals surface area contributed by atoms with E-state index in [9.17, 15) is 0 Å². The minimum absolute atomic E-state index is 0.530. The van der Waals surface area contributed by atoms with Crippen LogP contribution in [0.4, 0.5) is 5.69 Å². The lowest BCUT2D eigenvalue weighted by molar-refractivity contribution is 0.279. The fraction of sp³-hybridized carbons (Fsp3) is 0.333. The Morgan fingerprint density at radius 3 is 2.50 bits per heavy atom. The molecular weight excluding hydrogens is 196 g/mol. The number of rotatable bonds is 5. The van der Waals surface area contributed by atoms with Gasteiger partial charge >= 0.3 is 9.28 Å². The Bertz CT molecular complexity index is 266. The number of anilines is 1. The predicted octanol–water partition coefficient (Wildman–Crippen LogP) is 0.473. The third-order valence-corrected chi connectivity index (χ3v) is 2.96. The average molecular weight is 212 g/mol. The van der Waals surface area contributed by atoms with Crippen LogP contribution in [0.15, 0.2) is 24.3 Å². The molecule has 1 aromatic carbocycles. The van der Waals surface area contributed by atoms with E-state index in [2.05, 4.69) is 0 Å². The molecule has 0 aromatic heterocycles. The van der Waals surface area contributed by atoms with Crippen molar-refractivity contribution in [1.82, 2.24) is 0 Å². The monoisotopic (exact) mass is 212 g/mol. The Balaban J connectivity index is 2.39. The number of nitrogens with two attached hydrogens (primary N) is 2. The summed E-state index contributed by atoms with van der Waals surface area (Å²) in [6.45, 7) is 3.05. The van der Waals surface area contributed by atoms with Crippen molar-refractivity contribution in [2.75, 3.05) is 18.9 Å². The van der Waals surface area contributed by atoms with Gasteiger partial charge in [-0.1, -0.05) is 0 Å². The van der Waals surface area contributed by atoms with E-state index in [0.717, 1.165) is 11.4 Å². The van der Waals surface area contributed by atoms with Crippen LogP contribution in [0.1, 0.15) is 0 Å². The van der Waals surface area contributed by atoms with Crippen LogP contribution < -0.4 is 15.9 Å². The van der Waals surface area contributed by atoms with Gasteiger partial charge < -0.3 is 20.3 Å². The summed E-state index contributed by atoms with van der Waals surface area (Å²) in [4.78, 5) is 0. The van der Waals surface area contributed by atoms with Crippen molar-refractivity contribution in [1.29, 1.82) is 0 Å². The molecule has 1 unspecified atom stereocenters. The molecule has 1 aromatic rings. The first kappa shape index (κ1) is 11.0. The summed E-state index contributed by atoms with van der Waals surface area (Å²) >= 11 is 0. The van der Waals surface area contributed by atoms with Gasteiger partial charge in [0.2, 0.25) is 0 Å². The molecule has 0 bridgehead atoms. The Morgan fingerprint density at radius 1 is 1.29 bits per heavy atom. The molecule has 0 fully saturated rings. The number of benzene rings is 1. The van der Waals surface area contributed by atoms with E-state index in [4.69, 9.17) is 20.3 Å². The SMILES string of the molecule is C[SiH](OCCN)Oc1ccc(N)cc1. The standard InChI is InChI=1S/C9H16N2O2Si/c1-14(12-7-6-10)13-9-4-2-8(11)3-5-9/h2-5,14H,6-7,10-11H2,1H3. The van der Waals surface area contributed by atoms with E-state index in [-0.39, 0.29) is 0 Å². The molecule has 0 saturated heterocycles. The molecule has 5 heteroatoms. The molecule has 0 amide bonds. The minimum Gasteiger partial charge on any atom is -0.522 e. The molecule has 0 radical (unpaired) electrons. The molecule has 14 heavy (non-hydrogen) atoms. The predicted molar refractivity (Wildman–Crippen MR) is 59.5 cm³/mol. The maximum atomic E-state index is 5.58. The van der Waals surface area contributed by atoms with Gasteiger partial charge in [0.15, 0.2) is 0 Å². The molecule has 0 heterocycles. The Morgan fingerprint density at radius 2 is 1.93 bits per heavy atom. The van der Waals surface area contributed by atoms with Crippen LogP contribution in [0.2, 0.25) is 6.55 Å². The molecule has 4 N–H and O–H groups in total. The van der Waals surface area contributed by atoms with Gasteiger partial charge in [-0.3, -0.25) is 0 Å². The largest absolute Gasteiger partial charge is 0.522 e. The van der Waals surface area contributed by atoms with Gasteiger partial charge in [0, 0.05) is 18.8 Å². The van der Waals surface area contributed by atoms with Crippen LogP contribution in [0.5, 0.6) is 5.75 Å². The summed E-state index contributed by atoms with van der Waals surface area (Å²) in [5.74, 6) is 0.801. The quantitative estimate of drug-likeness (QED) is 0.550. The van der Waals surface area contributed by atoms with E-state index < -0.39 is 9.28 Å². The molecule has 78 valence electrons. The average Bonchev–Trinajstić information content (AvgIpc) is 2.18. The fourth-order valence-corrected chi connectivity index (χ4v) is 2.08. The zero-order valence-corrected chi connectivity index (χ0v) is 9.43. The van der Waals surface area contributed by atoms with Gasteiger partial charge in [-0.05, 0) is 30.8 Å². The molecule has 0 saturated carbocycles. The minimum atomic E-state index is -1.58. The van der Waals surface area contributed by atoms with Gasteiger partial charge in [-0.15, -0.1) is 0 Å². The lowest BCUT2D eigenvalue weighted by Gasteiger charge is -2.13. The van der Waals surface area contributed by atoms with E-state index >= 15 is 0 Å². The smallest absolute Gasteiger partial charge is 0.379 e. The van der Waals surface area contributed by atoms with E-state index in [1.807, 2.05) is 18.7 Å². The Labute approximate surface area is 85.7 Å². The molecule has 1 rings (SSSR count). The van der Waals surface area contributed by atoms with Crippen molar-refractivity contribution < 1.29 is 8.85 Å². The summed E-state index contributed by atoms with van der Waals surface area (Å²) in [5.41, 5.74) is 11.6. The van der Waals surface area contributed by atoms with Gasteiger partial charge in [0.05, 0.1) is 0 Å². The number of nitrogen functional groups attached to an aromatic ring is 1. The first-order valence-corrected chi connectivity index (χ1v) is 6.66. The lowest BCUT2D eigenvalue weighted by atomic mass is 10.3. The maximum Gasteiger partial charge on any atom is 0.379 e. The highest BCUT2D eigenvalue weighted by molar-refractivity contribution is 6.43. The van der Waals surface area contributed by atoms with E-state index in [1.165, 1.54) is 0 Å². The van der Waals surface area contributed by atoms with Crippen molar-refractivity contribution in [3.8, 4) is 5.75 Å². The Hall–Kier alpha value is -1.04. The van der Waals surface area contributed by atoms with Gasteiger partial charge in [-0.2, -0.15) is 0 Å². The first-order chi connectivity index (χ1) is 6.72. The van der Waals surface area contributed by atoms with Crippen molar-refractivity contribution in [3.05, 3.63) is 24.3 Å². The Kier molecular flexibility index (Phi) is 4.44. The molecule has 0 aliphatic carbocycles. The first-order valence-electron chi connectivity index (χ1n) is 4.56. The molecule has 0 aliphatic rings. The van der Waals surface area contributed by atoms with Crippen LogP contribution in [-0.2, 0) is 4.43 Å². The normalized spacial score (nSPS) is 12.4. The van der Waals surface area contributed by atoms with Crippen molar-refractivity contribution >= 4 is 15.0 Å². The van der Waals surface area contributed by atoms with Crippen LogP contribution in [0.3, 0.4) is 0 Å². The van der Waals surface area contributed by atoms with Crippen LogP contribution in [0.25, 0.3) is 0 Å². The summed E-state index contributed by atoms with van der Waals surface area (Å²) in [5, 5.41) is 0. The second-order valence-electron chi connectivity index (χ2n) is 2.91. The fourth-order valence-electron chi connectivity index (χ4n) is 1.01. The molecule has 4 nitrogen and oxygen atoms in total. The maximum absolute atomic E-state index is 5.58. The second-order valence-corrected chi connectivity index (χ2v) is 4.62. The van der Waals surface area contributed by atoms with Gasteiger partial charge in [0.25, 0.3) is 0 Å². The zero-order valence-electron chi connectivity index (χ0n) is 8.27. The van der Waals surface area contributed by atoms with Crippen molar-refractivity contribution in [2.24, 2.45) is 5.73 Å². The molecular formula is C9H16N2O2Si. The van der Waals surface area contributed by atoms with Crippen LogP contribution in [0, 0.1) is 0 Å². The van der Waals surface area contributed by atoms with Gasteiger partial charge in [-0.25, -0.2) is 0 Å². The van der Waals surface area contributed by atoms with Crippen molar-refractivity contribution in [3.63, 3.8) is 0 Å². The van der Waals surface area contributed by atoms with E-state index in [1.54, 1.807) is 12.1 Å². The molecule has 1 atom stereocenters. The molecule has 0 aliphatic heterocycles. The number of hydrogen-bond donors (Lipinski definition) is 2. The third-order valence-electron chi connectivity index (χ3n) is 1.65. The summed E-state index contributed by atoms with van der Waals surface area (Å²) in [6.07, 6.45) is 0. The highest BCUT2D eigenvalue weighted by Gasteiger charge is 2.06. The van der Waals surface area contributed by atoms with E-state index in [0.29, 0.717) is 13.2 Å². The molecule has 0 spiro atoms. The summed E-state index contributed by atoms with van der Waals surface area (Å²) in [6, 6.07) is 7.29. The highest BCUT2D eigenvalue weighted by Crippen LogP contribution is 2.13. The highest BCUT2D eigenvalue weighted by atomic mass is 28.3. The van der Waals surface area contributed by atoms with Crippen LogP contribution in [-0.4, -0.2) is 22.4 Å². The topological polar surface area (TPSA) is 70.5 Å². The lowest BCUT2D eigenvalue weighted by Crippen LogP contribution is -2.25. The third kappa shape index (κ3) is 3.78. The van der Waals surface area contributed by atoms with Crippen LogP contribution >= 0.6 is 0 Å². The van der Waals surface area contributed by atoms with Gasteiger partial charge in [0.1, 0.15) is 5.75 Å². The summed E-state index contributed by atoms with van der Waals surface area (Å²) < 4.78 is 11.0.